The van der Waals surface area contributed by atoms with Crippen LogP contribution in [0.3, 0.4) is 0 Å². The van der Waals surface area contributed by atoms with Crippen LogP contribution in [0, 0.1) is 0 Å². The van der Waals surface area contributed by atoms with E-state index in [1.165, 1.54) is 18.2 Å². The van der Waals surface area contributed by atoms with Gasteiger partial charge in [-0.2, -0.15) is 0 Å². The van der Waals surface area contributed by atoms with Gasteiger partial charge in [0, 0.05) is 29.8 Å². The summed E-state index contributed by atoms with van der Waals surface area (Å²) in [6, 6.07) is 7.80. The first-order valence-corrected chi connectivity index (χ1v) is 8.10. The molecule has 0 aromatic heterocycles. The van der Waals surface area contributed by atoms with Gasteiger partial charge in [0.25, 0.3) is 0 Å². The highest BCUT2D eigenvalue weighted by molar-refractivity contribution is 5.60. The van der Waals surface area contributed by atoms with Crippen molar-refractivity contribution in [2.75, 3.05) is 27.8 Å². The second-order valence-corrected chi connectivity index (χ2v) is 6.35. The van der Waals surface area contributed by atoms with Gasteiger partial charge in [0.15, 0.2) is 23.0 Å². The van der Waals surface area contributed by atoms with Gasteiger partial charge in [-0.25, -0.2) is 0 Å². The van der Waals surface area contributed by atoms with Crippen LogP contribution in [-0.2, 0) is 12.8 Å². The van der Waals surface area contributed by atoms with E-state index in [9.17, 15) is 5.11 Å². The fraction of sp³-hybridized carbons (Fsp3) is 0.368. The van der Waals surface area contributed by atoms with Gasteiger partial charge in [0.2, 0.25) is 0 Å². The molecule has 0 bridgehead atoms. The summed E-state index contributed by atoms with van der Waals surface area (Å²) in [6.07, 6.45) is 1.77. The summed E-state index contributed by atoms with van der Waals surface area (Å²) < 4.78 is 17.1. The molecular formula is C19H21NO4. The molecule has 2 aliphatic rings. The van der Waals surface area contributed by atoms with Crippen molar-refractivity contribution in [3.63, 3.8) is 0 Å². The van der Waals surface area contributed by atoms with Crippen molar-refractivity contribution in [1.29, 1.82) is 0 Å². The third-order valence-corrected chi connectivity index (χ3v) is 5.06. The van der Waals surface area contributed by atoms with Gasteiger partial charge in [0.1, 0.15) is 5.75 Å². The summed E-state index contributed by atoms with van der Waals surface area (Å²) in [5.41, 5.74) is 3.46. The normalized spacial score (nSPS) is 18.9. The molecule has 0 saturated carbocycles. The summed E-state index contributed by atoms with van der Waals surface area (Å²) in [5.74, 6) is 2.76. The number of nitrogens with zero attached hydrogens (tertiary/aromatic N) is 1. The van der Waals surface area contributed by atoms with E-state index < -0.39 is 0 Å². The molecule has 0 radical (unpaired) electrons. The number of methoxy groups -OCH3 is 2. The fourth-order valence-electron chi connectivity index (χ4n) is 3.73. The lowest BCUT2D eigenvalue weighted by atomic mass is 9.88. The second-order valence-electron chi connectivity index (χ2n) is 6.35. The molecule has 0 unspecified atom stereocenters. The lowest BCUT2D eigenvalue weighted by molar-refractivity contribution is 0.228. The minimum Gasteiger partial charge on any atom is -0.504 e. The summed E-state index contributed by atoms with van der Waals surface area (Å²) in [7, 11) is 5.33. The SMILES string of the molecule is COc1cc2c(cc1O)C[C@H]1c3c(ccc(OC)c3O2)CCN1C. The second kappa shape index (κ2) is 5.60. The lowest BCUT2D eigenvalue weighted by Crippen LogP contribution is -2.33. The molecule has 1 N–H and O–H groups in total. The van der Waals surface area contributed by atoms with Gasteiger partial charge in [-0.1, -0.05) is 6.07 Å². The monoisotopic (exact) mass is 327 g/mol. The van der Waals surface area contributed by atoms with E-state index in [4.69, 9.17) is 14.2 Å². The van der Waals surface area contributed by atoms with Crippen LogP contribution in [0.5, 0.6) is 28.7 Å². The van der Waals surface area contributed by atoms with Crippen LogP contribution < -0.4 is 14.2 Å². The zero-order valence-corrected chi connectivity index (χ0v) is 14.1. The van der Waals surface area contributed by atoms with E-state index in [0.717, 1.165) is 36.4 Å². The number of hydrogen-bond acceptors (Lipinski definition) is 5. The van der Waals surface area contributed by atoms with Gasteiger partial charge >= 0.3 is 0 Å². The number of benzene rings is 2. The number of hydrogen-bond donors (Lipinski definition) is 1. The van der Waals surface area contributed by atoms with Crippen LogP contribution in [-0.4, -0.2) is 37.8 Å². The Hall–Kier alpha value is -2.40. The number of rotatable bonds is 2. The number of ether oxygens (including phenoxy) is 3. The molecule has 2 aliphatic heterocycles. The van der Waals surface area contributed by atoms with Gasteiger partial charge in [-0.3, -0.25) is 4.90 Å². The highest BCUT2D eigenvalue weighted by Crippen LogP contribution is 2.50. The molecule has 1 atom stereocenters. The van der Waals surface area contributed by atoms with Crippen molar-refractivity contribution in [2.45, 2.75) is 18.9 Å². The molecule has 0 aliphatic carbocycles. The number of phenols is 1. The molecule has 2 aromatic rings. The highest BCUT2D eigenvalue weighted by atomic mass is 16.5. The van der Waals surface area contributed by atoms with Gasteiger partial charge < -0.3 is 19.3 Å². The molecule has 5 nitrogen and oxygen atoms in total. The van der Waals surface area contributed by atoms with E-state index >= 15 is 0 Å². The third kappa shape index (κ3) is 2.19. The van der Waals surface area contributed by atoms with Gasteiger partial charge in [0.05, 0.1) is 14.2 Å². The highest BCUT2D eigenvalue weighted by Gasteiger charge is 2.34. The van der Waals surface area contributed by atoms with Crippen LogP contribution in [0.2, 0.25) is 0 Å². The Labute approximate surface area is 141 Å². The van der Waals surface area contributed by atoms with Crippen LogP contribution in [0.4, 0.5) is 0 Å². The Morgan fingerprint density at radius 3 is 2.67 bits per heavy atom. The molecule has 4 rings (SSSR count). The zero-order chi connectivity index (χ0) is 16.8. The van der Waals surface area contributed by atoms with Crippen molar-refractivity contribution in [2.24, 2.45) is 0 Å². The molecule has 0 spiro atoms. The van der Waals surface area contributed by atoms with E-state index in [0.29, 0.717) is 11.5 Å². The molecular weight excluding hydrogens is 306 g/mol. The molecule has 126 valence electrons. The molecule has 2 aromatic carbocycles. The number of aromatic hydroxyl groups is 1. The van der Waals surface area contributed by atoms with Crippen LogP contribution in [0.15, 0.2) is 24.3 Å². The number of fused-ring (bicyclic) bond motifs is 1. The molecule has 5 heteroatoms. The fourth-order valence-corrected chi connectivity index (χ4v) is 3.73. The lowest BCUT2D eigenvalue weighted by Gasteiger charge is -2.34. The number of phenolic OH excluding ortho intramolecular Hbond substituents is 1. The van der Waals surface area contributed by atoms with E-state index in [1.807, 2.05) is 6.07 Å². The quantitative estimate of drug-likeness (QED) is 0.917. The topological polar surface area (TPSA) is 51.2 Å². The maximum absolute atomic E-state index is 10.2. The first kappa shape index (κ1) is 15.1. The smallest absolute Gasteiger partial charge is 0.174 e. The Bertz CT molecular complexity index is 802. The first-order chi connectivity index (χ1) is 11.6. The van der Waals surface area contributed by atoms with Crippen LogP contribution in [0.25, 0.3) is 0 Å². The number of likely N-dealkylation sites (N-methyl/N-ethyl adjacent to an activating group) is 1. The zero-order valence-electron chi connectivity index (χ0n) is 14.1. The van der Waals surface area contributed by atoms with Crippen molar-refractivity contribution < 1.29 is 19.3 Å². The molecule has 2 heterocycles. The predicted octanol–water partition coefficient (Wildman–Crippen LogP) is 3.29. The Balaban J connectivity index is 1.94. The predicted molar refractivity (Wildman–Crippen MR) is 90.5 cm³/mol. The maximum atomic E-state index is 10.2. The van der Waals surface area contributed by atoms with Crippen molar-refractivity contribution in [3.05, 3.63) is 41.0 Å². The molecule has 0 amide bonds. The summed E-state index contributed by atoms with van der Waals surface area (Å²) in [4.78, 5) is 2.34. The Kier molecular flexibility index (Phi) is 3.53. The van der Waals surface area contributed by atoms with E-state index in [2.05, 4.69) is 18.0 Å². The van der Waals surface area contributed by atoms with Crippen molar-refractivity contribution in [1.82, 2.24) is 4.90 Å². The van der Waals surface area contributed by atoms with Crippen LogP contribution in [0.1, 0.15) is 22.7 Å². The van der Waals surface area contributed by atoms with Gasteiger partial charge in [-0.05, 0) is 37.6 Å². The van der Waals surface area contributed by atoms with Crippen LogP contribution >= 0.6 is 0 Å². The maximum Gasteiger partial charge on any atom is 0.174 e. The third-order valence-electron chi connectivity index (χ3n) is 5.06. The van der Waals surface area contributed by atoms with E-state index in [1.54, 1.807) is 19.2 Å². The minimum absolute atomic E-state index is 0.136. The summed E-state index contributed by atoms with van der Waals surface area (Å²) in [5, 5.41) is 10.2. The van der Waals surface area contributed by atoms with E-state index in [-0.39, 0.29) is 11.8 Å². The van der Waals surface area contributed by atoms with Crippen molar-refractivity contribution in [3.8, 4) is 28.7 Å². The summed E-state index contributed by atoms with van der Waals surface area (Å²) in [6.45, 7) is 1.00. The average molecular weight is 327 g/mol. The largest absolute Gasteiger partial charge is 0.504 e. The average Bonchev–Trinajstić information content (AvgIpc) is 2.75. The Morgan fingerprint density at radius 1 is 1.12 bits per heavy atom. The molecule has 0 fully saturated rings. The summed E-state index contributed by atoms with van der Waals surface area (Å²) >= 11 is 0. The standard InChI is InChI=1S/C19H21NO4/c1-20-7-6-11-4-5-15(22-2)19-18(11)13(20)8-12-9-14(21)17(23-3)10-16(12)24-19/h4-5,9-10,13,21H,6-8H2,1-3H3/t13-/m0/s1. The molecule has 0 saturated heterocycles. The van der Waals surface area contributed by atoms with Crippen molar-refractivity contribution >= 4 is 0 Å². The Morgan fingerprint density at radius 2 is 1.92 bits per heavy atom. The first-order valence-electron chi connectivity index (χ1n) is 8.10. The van der Waals surface area contributed by atoms with Gasteiger partial charge in [-0.15, -0.1) is 0 Å². The molecule has 24 heavy (non-hydrogen) atoms. The minimum atomic E-state index is 0.136.